The van der Waals surface area contributed by atoms with Crippen LogP contribution < -0.4 is 0 Å². The van der Waals surface area contributed by atoms with Gasteiger partial charge in [0.25, 0.3) is 0 Å². The van der Waals surface area contributed by atoms with E-state index < -0.39 is 5.97 Å². The Kier molecular flexibility index (Phi) is 7.86. The lowest BCUT2D eigenvalue weighted by atomic mass is 10.1. The standard InChI is InChI=1S/C26H28N2O4S/c1-31-26(30)23-14-13-21(32-23)19-27-15-8-16-28(18-17-27)25(29)24(20-9-4-2-5-10-20)33-22-11-6-3-7-12-22/h2-7,9-14,24H,8,15-19H2,1H3. The molecule has 1 atom stereocenters. The van der Waals surface area contributed by atoms with E-state index in [1.807, 2.05) is 71.6 Å². The highest BCUT2D eigenvalue weighted by Gasteiger charge is 2.28. The summed E-state index contributed by atoms with van der Waals surface area (Å²) in [5.74, 6) is 0.597. The number of carbonyl (C=O) groups is 2. The van der Waals surface area contributed by atoms with Gasteiger partial charge in [-0.15, -0.1) is 11.8 Å². The summed E-state index contributed by atoms with van der Waals surface area (Å²) in [5.41, 5.74) is 1.02. The van der Waals surface area contributed by atoms with E-state index in [4.69, 9.17) is 9.15 Å². The minimum absolute atomic E-state index is 0.142. The topological polar surface area (TPSA) is 63.0 Å². The van der Waals surface area contributed by atoms with E-state index in [0.717, 1.165) is 42.3 Å². The van der Waals surface area contributed by atoms with Gasteiger partial charge in [-0.25, -0.2) is 4.79 Å². The van der Waals surface area contributed by atoms with Crippen molar-refractivity contribution in [3.05, 3.63) is 89.9 Å². The Morgan fingerprint density at radius 2 is 1.67 bits per heavy atom. The molecule has 6 nitrogen and oxygen atoms in total. The van der Waals surface area contributed by atoms with Crippen LogP contribution in [0.4, 0.5) is 0 Å². The number of hydrogen-bond donors (Lipinski definition) is 0. The molecule has 1 fully saturated rings. The molecule has 0 bridgehead atoms. The zero-order chi connectivity index (χ0) is 23.0. The molecule has 33 heavy (non-hydrogen) atoms. The number of amides is 1. The molecule has 1 amide bonds. The van der Waals surface area contributed by atoms with E-state index in [1.165, 1.54) is 7.11 Å². The maximum atomic E-state index is 13.6. The van der Waals surface area contributed by atoms with E-state index in [1.54, 1.807) is 17.8 Å². The summed E-state index contributed by atoms with van der Waals surface area (Å²) in [4.78, 5) is 30.6. The van der Waals surface area contributed by atoms with Crippen molar-refractivity contribution >= 4 is 23.6 Å². The third kappa shape index (κ3) is 6.06. The number of rotatable bonds is 7. The first-order chi connectivity index (χ1) is 16.1. The molecule has 1 saturated heterocycles. The van der Waals surface area contributed by atoms with Crippen LogP contribution in [0.2, 0.25) is 0 Å². The number of esters is 1. The predicted octanol–water partition coefficient (Wildman–Crippen LogP) is 4.63. The Morgan fingerprint density at radius 3 is 2.39 bits per heavy atom. The van der Waals surface area contributed by atoms with Crippen molar-refractivity contribution in [1.82, 2.24) is 9.80 Å². The van der Waals surface area contributed by atoms with Crippen molar-refractivity contribution in [3.8, 4) is 0 Å². The van der Waals surface area contributed by atoms with Gasteiger partial charge >= 0.3 is 5.97 Å². The molecule has 7 heteroatoms. The van der Waals surface area contributed by atoms with Gasteiger partial charge in [-0.2, -0.15) is 0 Å². The molecule has 0 spiro atoms. The van der Waals surface area contributed by atoms with Crippen LogP contribution in [0.5, 0.6) is 0 Å². The number of methoxy groups -OCH3 is 1. The van der Waals surface area contributed by atoms with E-state index >= 15 is 0 Å². The number of furan rings is 1. The fourth-order valence-electron chi connectivity index (χ4n) is 3.93. The lowest BCUT2D eigenvalue weighted by molar-refractivity contribution is -0.130. The minimum atomic E-state index is -0.475. The first-order valence-corrected chi connectivity index (χ1v) is 12.0. The third-order valence-corrected chi connectivity index (χ3v) is 6.91. The van der Waals surface area contributed by atoms with Gasteiger partial charge in [-0.1, -0.05) is 48.5 Å². The number of hydrogen-bond acceptors (Lipinski definition) is 6. The molecule has 172 valence electrons. The first-order valence-electron chi connectivity index (χ1n) is 11.1. The second-order valence-electron chi connectivity index (χ2n) is 7.93. The van der Waals surface area contributed by atoms with Crippen molar-refractivity contribution in [2.45, 2.75) is 23.1 Å². The number of nitrogens with zero attached hydrogens (tertiary/aromatic N) is 2. The molecule has 0 N–H and O–H groups in total. The number of carbonyl (C=O) groups excluding carboxylic acids is 2. The molecule has 0 radical (unpaired) electrons. The van der Waals surface area contributed by atoms with Crippen LogP contribution in [0.25, 0.3) is 0 Å². The number of benzene rings is 2. The number of thioether (sulfide) groups is 1. The lowest BCUT2D eigenvalue weighted by Crippen LogP contribution is -2.37. The predicted molar refractivity (Wildman–Crippen MR) is 128 cm³/mol. The van der Waals surface area contributed by atoms with Gasteiger partial charge in [0, 0.05) is 31.1 Å². The van der Waals surface area contributed by atoms with Crippen LogP contribution in [0, 0.1) is 0 Å². The summed E-state index contributed by atoms with van der Waals surface area (Å²) < 4.78 is 10.3. The van der Waals surface area contributed by atoms with Crippen molar-refractivity contribution < 1.29 is 18.7 Å². The smallest absolute Gasteiger partial charge is 0.373 e. The maximum absolute atomic E-state index is 13.6. The van der Waals surface area contributed by atoms with E-state index in [0.29, 0.717) is 13.1 Å². The first kappa shape index (κ1) is 23.1. The molecule has 0 aliphatic carbocycles. The highest BCUT2D eigenvalue weighted by Crippen LogP contribution is 2.36. The zero-order valence-corrected chi connectivity index (χ0v) is 19.5. The van der Waals surface area contributed by atoms with Crippen molar-refractivity contribution in [3.63, 3.8) is 0 Å². The van der Waals surface area contributed by atoms with Crippen LogP contribution in [0.3, 0.4) is 0 Å². The summed E-state index contributed by atoms with van der Waals surface area (Å²) >= 11 is 1.60. The van der Waals surface area contributed by atoms with Crippen molar-refractivity contribution in [2.24, 2.45) is 0 Å². The van der Waals surface area contributed by atoms with Crippen molar-refractivity contribution in [2.75, 3.05) is 33.3 Å². The van der Waals surface area contributed by atoms with Gasteiger partial charge in [-0.05, 0) is 36.2 Å². The highest BCUT2D eigenvalue weighted by atomic mass is 32.2. The van der Waals surface area contributed by atoms with E-state index in [-0.39, 0.29) is 16.9 Å². The fourth-order valence-corrected chi connectivity index (χ4v) is 5.06. The second-order valence-corrected chi connectivity index (χ2v) is 9.11. The maximum Gasteiger partial charge on any atom is 0.373 e. The van der Waals surface area contributed by atoms with Crippen LogP contribution in [0.15, 0.2) is 82.1 Å². The summed E-state index contributed by atoms with van der Waals surface area (Å²) in [6.07, 6.45) is 0.883. The van der Waals surface area contributed by atoms with Gasteiger partial charge in [0.05, 0.1) is 13.7 Å². The number of ether oxygens (including phenoxy) is 1. The van der Waals surface area contributed by atoms with Crippen molar-refractivity contribution in [1.29, 1.82) is 0 Å². The van der Waals surface area contributed by atoms with Crippen LogP contribution >= 0.6 is 11.8 Å². The molecule has 2 heterocycles. The van der Waals surface area contributed by atoms with Gasteiger partial charge in [0.2, 0.25) is 11.7 Å². The van der Waals surface area contributed by atoms with Crippen LogP contribution in [-0.2, 0) is 16.1 Å². The van der Waals surface area contributed by atoms with E-state index in [9.17, 15) is 9.59 Å². The average molecular weight is 465 g/mol. The molecule has 1 aliphatic rings. The second kappa shape index (κ2) is 11.2. The van der Waals surface area contributed by atoms with Gasteiger partial charge in [0.15, 0.2) is 0 Å². The van der Waals surface area contributed by atoms with Gasteiger partial charge in [-0.3, -0.25) is 9.69 Å². The Morgan fingerprint density at radius 1 is 0.939 bits per heavy atom. The van der Waals surface area contributed by atoms with Crippen LogP contribution in [-0.4, -0.2) is 55.0 Å². The minimum Gasteiger partial charge on any atom is -0.463 e. The van der Waals surface area contributed by atoms with Gasteiger partial charge in [0.1, 0.15) is 11.0 Å². The molecular formula is C26H28N2O4S. The molecule has 1 aliphatic heterocycles. The summed E-state index contributed by atoms with van der Waals surface area (Å²) in [5, 5.41) is -0.284. The van der Waals surface area contributed by atoms with Crippen LogP contribution in [0.1, 0.15) is 33.5 Å². The molecular weight excluding hydrogens is 436 g/mol. The Hall–Kier alpha value is -3.03. The Balaban J connectivity index is 1.42. The summed E-state index contributed by atoms with van der Waals surface area (Å²) in [6, 6.07) is 23.5. The zero-order valence-electron chi connectivity index (χ0n) is 18.7. The summed E-state index contributed by atoms with van der Waals surface area (Å²) in [7, 11) is 1.34. The fraction of sp³-hybridized carbons (Fsp3) is 0.308. The Bertz CT molecular complexity index is 1050. The molecule has 2 aromatic carbocycles. The monoisotopic (exact) mass is 464 g/mol. The molecule has 0 saturated carbocycles. The average Bonchev–Trinajstić information content (AvgIpc) is 3.20. The molecule has 1 unspecified atom stereocenters. The Labute approximate surface area is 198 Å². The highest BCUT2D eigenvalue weighted by molar-refractivity contribution is 8.00. The molecule has 3 aromatic rings. The molecule has 4 rings (SSSR count). The largest absolute Gasteiger partial charge is 0.463 e. The lowest BCUT2D eigenvalue weighted by Gasteiger charge is -2.26. The van der Waals surface area contributed by atoms with E-state index in [2.05, 4.69) is 4.90 Å². The van der Waals surface area contributed by atoms with Gasteiger partial charge < -0.3 is 14.1 Å². The SMILES string of the molecule is COC(=O)c1ccc(CN2CCCN(C(=O)C(Sc3ccccc3)c3ccccc3)CC2)o1. The molecule has 1 aromatic heterocycles. The quantitative estimate of drug-likeness (QED) is 0.375. The third-order valence-electron chi connectivity index (χ3n) is 5.65. The normalized spacial score (nSPS) is 15.6. The summed E-state index contributed by atoms with van der Waals surface area (Å²) in [6.45, 7) is 3.58.